The Labute approximate surface area is 175 Å². The molecule has 5 nitrogen and oxygen atoms in total. The van der Waals surface area contributed by atoms with Crippen molar-refractivity contribution in [3.8, 4) is 0 Å². The van der Waals surface area contributed by atoms with Crippen LogP contribution in [-0.4, -0.2) is 22.3 Å². The minimum absolute atomic E-state index is 0.0922. The van der Waals surface area contributed by atoms with Gasteiger partial charge in [-0.1, -0.05) is 55.3 Å². The Balaban J connectivity index is 1.35. The number of rotatable bonds is 8. The Hall–Kier alpha value is -2.99. The van der Waals surface area contributed by atoms with Gasteiger partial charge in [-0.2, -0.15) is 5.10 Å². The number of carbonyl (C=O) groups excluding carboxylic acids is 1. The second-order valence-electron chi connectivity index (χ2n) is 7.78. The summed E-state index contributed by atoms with van der Waals surface area (Å²) in [5.41, 5.74) is 1.85. The van der Waals surface area contributed by atoms with E-state index < -0.39 is 5.41 Å². The Morgan fingerprint density at radius 2 is 1.93 bits per heavy atom. The van der Waals surface area contributed by atoms with Crippen LogP contribution in [0.4, 0.5) is 10.1 Å². The minimum atomic E-state index is -0.678. The van der Waals surface area contributed by atoms with Crippen molar-refractivity contribution in [3.05, 3.63) is 83.9 Å². The number of carbonyl (C=O) groups is 1. The molecule has 2 aromatic carbocycles. The summed E-state index contributed by atoms with van der Waals surface area (Å²) in [6.07, 6.45) is 6.82. The standard InChI is InChI=1S/C24H26FN3O2/c25-21-10-6-9-20(15-21)24(11-4-5-12-24)23(29)27-22-16-26-28(17-22)13-14-30-18-19-7-2-1-3-8-19/h1-3,6-10,15-17H,4-5,11-14,18H2,(H,27,29). The summed E-state index contributed by atoms with van der Waals surface area (Å²) >= 11 is 0. The van der Waals surface area contributed by atoms with E-state index in [-0.39, 0.29) is 11.7 Å². The van der Waals surface area contributed by atoms with E-state index >= 15 is 0 Å². The Morgan fingerprint density at radius 3 is 2.70 bits per heavy atom. The van der Waals surface area contributed by atoms with Crippen LogP contribution in [0.2, 0.25) is 0 Å². The summed E-state index contributed by atoms with van der Waals surface area (Å²) in [6.45, 7) is 1.68. The zero-order valence-electron chi connectivity index (χ0n) is 16.9. The van der Waals surface area contributed by atoms with Crippen molar-refractivity contribution in [1.29, 1.82) is 0 Å². The lowest BCUT2D eigenvalue weighted by Gasteiger charge is -2.28. The van der Waals surface area contributed by atoms with Crippen molar-refractivity contribution in [2.24, 2.45) is 0 Å². The van der Waals surface area contributed by atoms with Crippen LogP contribution in [-0.2, 0) is 28.1 Å². The van der Waals surface area contributed by atoms with E-state index in [0.29, 0.717) is 25.4 Å². The SMILES string of the molecule is O=C(Nc1cnn(CCOCc2ccccc2)c1)C1(c2cccc(F)c2)CCCC1. The van der Waals surface area contributed by atoms with Crippen LogP contribution < -0.4 is 5.32 Å². The first-order chi connectivity index (χ1) is 14.7. The number of nitrogens with one attached hydrogen (secondary N) is 1. The monoisotopic (exact) mass is 407 g/mol. The third-order valence-corrected chi connectivity index (χ3v) is 5.74. The predicted octanol–water partition coefficient (Wildman–Crippen LogP) is 4.69. The first kappa shape index (κ1) is 20.3. The molecule has 0 spiro atoms. The normalized spacial score (nSPS) is 15.2. The van der Waals surface area contributed by atoms with Crippen molar-refractivity contribution in [1.82, 2.24) is 9.78 Å². The lowest BCUT2D eigenvalue weighted by atomic mass is 9.78. The van der Waals surface area contributed by atoms with E-state index in [1.807, 2.05) is 36.4 Å². The molecule has 3 aromatic rings. The number of amides is 1. The number of anilines is 1. The van der Waals surface area contributed by atoms with E-state index in [1.54, 1.807) is 23.1 Å². The molecule has 0 unspecified atom stereocenters. The van der Waals surface area contributed by atoms with E-state index in [9.17, 15) is 9.18 Å². The van der Waals surface area contributed by atoms with Crippen molar-refractivity contribution in [3.63, 3.8) is 0 Å². The first-order valence-electron chi connectivity index (χ1n) is 10.4. The molecule has 0 atom stereocenters. The van der Waals surface area contributed by atoms with Crippen LogP contribution in [0.15, 0.2) is 67.0 Å². The summed E-state index contributed by atoms with van der Waals surface area (Å²) in [5.74, 6) is -0.402. The number of nitrogens with zero attached hydrogens (tertiary/aromatic N) is 2. The average Bonchev–Trinajstić information content (AvgIpc) is 3.43. The fourth-order valence-corrected chi connectivity index (χ4v) is 4.14. The number of hydrogen-bond acceptors (Lipinski definition) is 3. The van der Waals surface area contributed by atoms with Gasteiger partial charge in [0.15, 0.2) is 0 Å². The highest BCUT2D eigenvalue weighted by molar-refractivity contribution is 5.99. The predicted molar refractivity (Wildman–Crippen MR) is 114 cm³/mol. The smallest absolute Gasteiger partial charge is 0.235 e. The van der Waals surface area contributed by atoms with E-state index in [1.165, 1.54) is 12.1 Å². The van der Waals surface area contributed by atoms with Gasteiger partial charge in [-0.15, -0.1) is 0 Å². The highest BCUT2D eigenvalue weighted by Crippen LogP contribution is 2.42. The lowest BCUT2D eigenvalue weighted by Crippen LogP contribution is -2.38. The summed E-state index contributed by atoms with van der Waals surface area (Å²) in [7, 11) is 0. The summed E-state index contributed by atoms with van der Waals surface area (Å²) in [5, 5.41) is 7.31. The average molecular weight is 407 g/mol. The van der Waals surface area contributed by atoms with E-state index in [0.717, 1.165) is 36.8 Å². The molecule has 1 N–H and O–H groups in total. The molecular weight excluding hydrogens is 381 g/mol. The van der Waals surface area contributed by atoms with Gasteiger partial charge in [0.2, 0.25) is 5.91 Å². The Morgan fingerprint density at radius 1 is 1.13 bits per heavy atom. The number of halogens is 1. The lowest BCUT2D eigenvalue weighted by molar-refractivity contribution is -0.121. The molecule has 0 bridgehead atoms. The van der Waals surface area contributed by atoms with Crippen molar-refractivity contribution >= 4 is 11.6 Å². The maximum Gasteiger partial charge on any atom is 0.235 e. The number of aromatic nitrogens is 2. The number of hydrogen-bond donors (Lipinski definition) is 1. The van der Waals surface area contributed by atoms with Crippen LogP contribution in [0.3, 0.4) is 0 Å². The van der Waals surface area contributed by atoms with Crippen LogP contribution in [0.1, 0.15) is 36.8 Å². The molecular formula is C24H26FN3O2. The van der Waals surface area contributed by atoms with Crippen LogP contribution in [0.5, 0.6) is 0 Å². The molecule has 0 aliphatic heterocycles. The minimum Gasteiger partial charge on any atom is -0.375 e. The summed E-state index contributed by atoms with van der Waals surface area (Å²) < 4.78 is 21.2. The number of ether oxygens (including phenoxy) is 1. The topological polar surface area (TPSA) is 56.2 Å². The molecule has 6 heteroatoms. The van der Waals surface area contributed by atoms with Crippen LogP contribution >= 0.6 is 0 Å². The maximum absolute atomic E-state index is 13.8. The van der Waals surface area contributed by atoms with Crippen molar-refractivity contribution in [2.45, 2.75) is 44.2 Å². The molecule has 1 amide bonds. The Kier molecular flexibility index (Phi) is 6.23. The molecule has 1 heterocycles. The van der Waals surface area contributed by atoms with Gasteiger partial charge in [0.05, 0.1) is 37.1 Å². The quantitative estimate of drug-likeness (QED) is 0.551. The molecule has 0 radical (unpaired) electrons. The molecule has 1 aliphatic carbocycles. The highest BCUT2D eigenvalue weighted by Gasteiger charge is 2.43. The molecule has 1 aromatic heterocycles. The van der Waals surface area contributed by atoms with E-state index in [2.05, 4.69) is 10.4 Å². The van der Waals surface area contributed by atoms with Gasteiger partial charge in [-0.05, 0) is 36.1 Å². The zero-order chi connectivity index (χ0) is 20.8. The molecule has 1 fully saturated rings. The third kappa shape index (κ3) is 4.60. The van der Waals surface area contributed by atoms with Gasteiger partial charge >= 0.3 is 0 Å². The fourth-order valence-electron chi connectivity index (χ4n) is 4.14. The number of benzene rings is 2. The van der Waals surface area contributed by atoms with Gasteiger partial charge in [-0.25, -0.2) is 4.39 Å². The largest absolute Gasteiger partial charge is 0.375 e. The van der Waals surface area contributed by atoms with E-state index in [4.69, 9.17) is 4.74 Å². The van der Waals surface area contributed by atoms with Crippen LogP contribution in [0, 0.1) is 5.82 Å². The van der Waals surface area contributed by atoms with Gasteiger partial charge in [0.25, 0.3) is 0 Å². The van der Waals surface area contributed by atoms with Gasteiger partial charge in [-0.3, -0.25) is 9.48 Å². The fraction of sp³-hybridized carbons (Fsp3) is 0.333. The van der Waals surface area contributed by atoms with Crippen molar-refractivity contribution in [2.75, 3.05) is 11.9 Å². The van der Waals surface area contributed by atoms with Crippen LogP contribution in [0.25, 0.3) is 0 Å². The van der Waals surface area contributed by atoms with Crippen molar-refractivity contribution < 1.29 is 13.9 Å². The van der Waals surface area contributed by atoms with Gasteiger partial charge in [0.1, 0.15) is 5.82 Å². The van der Waals surface area contributed by atoms with Gasteiger partial charge < -0.3 is 10.1 Å². The molecule has 30 heavy (non-hydrogen) atoms. The molecule has 0 saturated heterocycles. The summed E-state index contributed by atoms with van der Waals surface area (Å²) in [6, 6.07) is 16.4. The molecule has 156 valence electrons. The molecule has 1 aliphatic rings. The summed E-state index contributed by atoms with van der Waals surface area (Å²) in [4.78, 5) is 13.2. The molecule has 1 saturated carbocycles. The first-order valence-corrected chi connectivity index (χ1v) is 10.4. The second-order valence-corrected chi connectivity index (χ2v) is 7.78. The van der Waals surface area contributed by atoms with Gasteiger partial charge in [0, 0.05) is 6.20 Å². The Bertz CT molecular complexity index is 981. The second kappa shape index (κ2) is 9.22. The molecule has 4 rings (SSSR count). The maximum atomic E-state index is 13.8. The zero-order valence-corrected chi connectivity index (χ0v) is 16.9. The highest BCUT2D eigenvalue weighted by atomic mass is 19.1. The third-order valence-electron chi connectivity index (χ3n) is 5.74.